The van der Waals surface area contributed by atoms with E-state index < -0.39 is 49.2 Å². The quantitative estimate of drug-likeness (QED) is 0.409. The minimum absolute atomic E-state index is 0.250. The van der Waals surface area contributed by atoms with E-state index in [1.807, 2.05) is 15.9 Å². The maximum atomic E-state index is 12.6. The normalized spacial score (nSPS) is 13.0. The zero-order chi connectivity index (χ0) is 23.5. The number of carboxylic acid groups (broad SMARTS) is 1. The van der Waals surface area contributed by atoms with Crippen molar-refractivity contribution in [2.75, 3.05) is 5.75 Å². The standard InChI is InChI=1S/C10H11BrF2N4O4S2.C2HF3O2/c1-17-9-3-2-7(6-8(9)14-15-17)23(20,21)16-22(18,19)5-4-10(11,12)13;3-2(4,5)1(6)7/h2-3,6,16H,4-5H2,1H3;(H,6,7). The minimum Gasteiger partial charge on any atom is -0.475 e. The fourth-order valence-electron chi connectivity index (χ4n) is 1.69. The summed E-state index contributed by atoms with van der Waals surface area (Å²) in [4.78, 5) is 5.14. The third kappa shape index (κ3) is 8.07. The maximum absolute atomic E-state index is 12.6. The highest BCUT2D eigenvalue weighted by Crippen LogP contribution is 2.26. The Kier molecular flexibility index (Phi) is 7.89. The summed E-state index contributed by atoms with van der Waals surface area (Å²) in [6.07, 6.45) is -6.15. The SMILES string of the molecule is Cn1nnc2cc(S(=O)(=O)NS(=O)(=O)CCC(F)(F)Br)ccc21.O=C(O)C(F)(F)F. The lowest BCUT2D eigenvalue weighted by molar-refractivity contribution is -0.192. The number of fused-ring (bicyclic) bond motifs is 1. The number of nitrogens with zero attached hydrogens (tertiary/aromatic N) is 3. The predicted molar refractivity (Wildman–Crippen MR) is 94.8 cm³/mol. The molecule has 0 fully saturated rings. The second-order valence-electron chi connectivity index (χ2n) is 5.44. The lowest BCUT2D eigenvalue weighted by Crippen LogP contribution is -2.33. The molecule has 170 valence electrons. The van der Waals surface area contributed by atoms with Crippen LogP contribution in [0.25, 0.3) is 11.0 Å². The first-order valence-electron chi connectivity index (χ1n) is 7.27. The number of sulfonamides is 2. The van der Waals surface area contributed by atoms with Gasteiger partial charge in [0.2, 0.25) is 10.0 Å². The fourth-order valence-corrected chi connectivity index (χ4v) is 5.25. The van der Waals surface area contributed by atoms with Crippen molar-refractivity contribution in [3.63, 3.8) is 0 Å². The molecular formula is C12H12BrF5N4O6S2. The summed E-state index contributed by atoms with van der Waals surface area (Å²) in [6, 6.07) is 3.71. The highest BCUT2D eigenvalue weighted by atomic mass is 79.9. The Hall–Kier alpha value is -1.92. The molecule has 0 bridgehead atoms. The summed E-state index contributed by atoms with van der Waals surface area (Å²) in [5, 5.41) is 14.5. The molecule has 0 aliphatic rings. The van der Waals surface area contributed by atoms with Gasteiger partial charge in [0.05, 0.1) is 16.2 Å². The van der Waals surface area contributed by atoms with Crippen LogP contribution in [0.5, 0.6) is 0 Å². The number of rotatable bonds is 6. The minimum atomic E-state index is -5.08. The van der Waals surface area contributed by atoms with Crippen LogP contribution in [-0.4, -0.2) is 59.7 Å². The van der Waals surface area contributed by atoms with Crippen LogP contribution in [-0.2, 0) is 31.9 Å². The van der Waals surface area contributed by atoms with Crippen molar-refractivity contribution in [3.05, 3.63) is 18.2 Å². The van der Waals surface area contributed by atoms with Crippen LogP contribution in [0, 0.1) is 0 Å². The van der Waals surface area contributed by atoms with Gasteiger partial charge in [0, 0.05) is 13.5 Å². The third-order valence-corrected chi connectivity index (χ3v) is 6.93. The van der Waals surface area contributed by atoms with Gasteiger partial charge in [-0.15, -0.1) is 9.23 Å². The van der Waals surface area contributed by atoms with Crippen molar-refractivity contribution >= 4 is 53.0 Å². The summed E-state index contributed by atoms with van der Waals surface area (Å²) in [6.45, 7) is 0. The molecule has 1 heterocycles. The molecule has 2 aromatic rings. The number of carboxylic acids is 1. The zero-order valence-corrected chi connectivity index (χ0v) is 17.8. The summed E-state index contributed by atoms with van der Waals surface area (Å²) in [7, 11) is -7.30. The van der Waals surface area contributed by atoms with Crippen LogP contribution < -0.4 is 4.13 Å². The van der Waals surface area contributed by atoms with E-state index in [2.05, 4.69) is 10.3 Å². The van der Waals surface area contributed by atoms with E-state index in [9.17, 15) is 38.8 Å². The molecule has 0 saturated carbocycles. The molecular weight excluding hydrogens is 535 g/mol. The fraction of sp³-hybridized carbons (Fsp3) is 0.417. The number of hydrogen-bond acceptors (Lipinski definition) is 7. The lowest BCUT2D eigenvalue weighted by atomic mass is 10.3. The molecule has 1 aromatic carbocycles. The molecule has 2 rings (SSSR count). The number of alkyl halides is 6. The van der Waals surface area contributed by atoms with Gasteiger partial charge >= 0.3 is 17.0 Å². The third-order valence-electron chi connectivity index (χ3n) is 3.03. The van der Waals surface area contributed by atoms with Gasteiger partial charge in [-0.3, -0.25) is 0 Å². The van der Waals surface area contributed by atoms with E-state index in [0.717, 1.165) is 6.07 Å². The molecule has 18 heteroatoms. The Labute approximate surface area is 174 Å². The van der Waals surface area contributed by atoms with E-state index >= 15 is 0 Å². The largest absolute Gasteiger partial charge is 0.490 e. The number of aromatic nitrogens is 3. The van der Waals surface area contributed by atoms with Gasteiger partial charge < -0.3 is 5.11 Å². The van der Waals surface area contributed by atoms with Crippen LogP contribution in [0.3, 0.4) is 0 Å². The van der Waals surface area contributed by atoms with Gasteiger partial charge in [-0.05, 0) is 34.1 Å². The van der Waals surface area contributed by atoms with Crippen LogP contribution in [0.2, 0.25) is 0 Å². The molecule has 0 aliphatic carbocycles. The summed E-state index contributed by atoms with van der Waals surface area (Å²) in [5.74, 6) is -3.81. The maximum Gasteiger partial charge on any atom is 0.490 e. The Balaban J connectivity index is 0.000000553. The lowest BCUT2D eigenvalue weighted by Gasteiger charge is -2.10. The van der Waals surface area contributed by atoms with Crippen molar-refractivity contribution in [2.24, 2.45) is 7.05 Å². The molecule has 1 aromatic heterocycles. The summed E-state index contributed by atoms with van der Waals surface area (Å²) >= 11 is 1.99. The van der Waals surface area contributed by atoms with Crippen molar-refractivity contribution in [1.82, 2.24) is 19.1 Å². The van der Waals surface area contributed by atoms with Crippen LogP contribution in [0.15, 0.2) is 23.1 Å². The second-order valence-corrected chi connectivity index (χ2v) is 10.4. The van der Waals surface area contributed by atoms with Crippen molar-refractivity contribution in [1.29, 1.82) is 0 Å². The van der Waals surface area contributed by atoms with Crippen molar-refractivity contribution < 1.29 is 48.7 Å². The molecule has 0 spiro atoms. The number of hydrogen-bond donors (Lipinski definition) is 2. The zero-order valence-electron chi connectivity index (χ0n) is 14.6. The van der Waals surface area contributed by atoms with Gasteiger partial charge in [0.25, 0.3) is 10.0 Å². The smallest absolute Gasteiger partial charge is 0.475 e. The molecule has 0 saturated heterocycles. The summed E-state index contributed by atoms with van der Waals surface area (Å²) < 4.78 is 107. The number of aryl methyl sites for hydroxylation is 1. The predicted octanol–water partition coefficient (Wildman–Crippen LogP) is 1.59. The topological polar surface area (TPSA) is 148 Å². The van der Waals surface area contributed by atoms with Crippen LogP contribution in [0.1, 0.15) is 6.42 Å². The van der Waals surface area contributed by atoms with Crippen LogP contribution >= 0.6 is 15.9 Å². The van der Waals surface area contributed by atoms with E-state index in [-0.39, 0.29) is 10.4 Å². The number of aliphatic carboxylic acids is 1. The Morgan fingerprint density at radius 3 is 2.20 bits per heavy atom. The van der Waals surface area contributed by atoms with E-state index in [1.54, 1.807) is 7.05 Å². The number of nitrogens with one attached hydrogen (secondary N) is 1. The number of halogens is 6. The molecule has 2 N–H and O–H groups in total. The van der Waals surface area contributed by atoms with E-state index in [4.69, 9.17) is 9.90 Å². The second kappa shape index (κ2) is 9.06. The van der Waals surface area contributed by atoms with Crippen LogP contribution in [0.4, 0.5) is 22.0 Å². The highest BCUT2D eigenvalue weighted by Gasteiger charge is 2.38. The van der Waals surface area contributed by atoms with Gasteiger partial charge in [-0.2, -0.15) is 22.0 Å². The van der Waals surface area contributed by atoms with Crippen molar-refractivity contribution in [3.8, 4) is 0 Å². The summed E-state index contributed by atoms with van der Waals surface area (Å²) in [5.41, 5.74) is 0.797. The van der Waals surface area contributed by atoms with Gasteiger partial charge in [-0.1, -0.05) is 5.21 Å². The molecule has 30 heavy (non-hydrogen) atoms. The average molecular weight is 547 g/mol. The van der Waals surface area contributed by atoms with Gasteiger partial charge in [0.15, 0.2) is 0 Å². The first-order chi connectivity index (χ1) is 13.3. The van der Waals surface area contributed by atoms with Gasteiger partial charge in [-0.25, -0.2) is 26.3 Å². The monoisotopic (exact) mass is 546 g/mol. The first-order valence-corrected chi connectivity index (χ1v) is 11.2. The van der Waals surface area contributed by atoms with Gasteiger partial charge in [0.1, 0.15) is 5.52 Å². The number of benzene rings is 1. The Morgan fingerprint density at radius 1 is 1.20 bits per heavy atom. The molecule has 0 radical (unpaired) electrons. The number of carbonyl (C=O) groups is 1. The molecule has 0 amide bonds. The molecule has 10 nitrogen and oxygen atoms in total. The average Bonchev–Trinajstić information content (AvgIpc) is 2.92. The molecule has 0 aliphatic heterocycles. The highest BCUT2D eigenvalue weighted by molar-refractivity contribution is 9.10. The van der Waals surface area contributed by atoms with E-state index in [0.29, 0.717) is 5.52 Å². The Bertz CT molecular complexity index is 1130. The Morgan fingerprint density at radius 2 is 1.73 bits per heavy atom. The van der Waals surface area contributed by atoms with Crippen molar-refractivity contribution in [2.45, 2.75) is 22.3 Å². The first kappa shape index (κ1) is 26.1. The van der Waals surface area contributed by atoms with E-state index in [1.165, 1.54) is 20.9 Å². The molecule has 0 unspecified atom stereocenters. The molecule has 0 atom stereocenters.